The number of benzene rings is 2. The number of hydrogen-bond donors (Lipinski definition) is 1. The van der Waals surface area contributed by atoms with Crippen molar-refractivity contribution in [2.45, 2.75) is 17.1 Å². The summed E-state index contributed by atoms with van der Waals surface area (Å²) in [5, 5.41) is 2.64. The normalized spacial score (nSPS) is 14.0. The average Bonchev–Trinajstić information content (AvgIpc) is 2.86. The number of alkyl halides is 2. The van der Waals surface area contributed by atoms with Gasteiger partial charge in [0, 0.05) is 23.7 Å². The average molecular weight is 383 g/mol. The minimum absolute atomic E-state index is 0.130. The highest BCUT2D eigenvalue weighted by Crippen LogP contribution is 2.32. The van der Waals surface area contributed by atoms with Crippen LogP contribution in [0, 0.1) is 0 Å². The number of amides is 1. The Balaban J connectivity index is 1.75. The molecule has 0 unspecified atom stereocenters. The minimum Gasteiger partial charge on any atom is -0.490 e. The first-order valence-corrected chi connectivity index (χ1v) is 9.26. The van der Waals surface area contributed by atoms with Gasteiger partial charge < -0.3 is 14.8 Å². The molecule has 0 spiro atoms. The molecule has 1 amide bonds. The molecule has 1 heterocycles. The Labute approximate surface area is 148 Å². The highest BCUT2D eigenvalue weighted by Gasteiger charge is 2.26. The summed E-state index contributed by atoms with van der Waals surface area (Å²) in [7, 11) is -4.69. The number of anilines is 1. The molecular formula is C17H15F2NO5S. The fraction of sp³-hybridized carbons (Fsp3) is 0.235. The van der Waals surface area contributed by atoms with Gasteiger partial charge in [-0.2, -0.15) is 8.78 Å². The Kier molecular flexibility index (Phi) is 5.08. The minimum atomic E-state index is -4.69. The summed E-state index contributed by atoms with van der Waals surface area (Å²) in [5.41, 5.74) is 0.592. The molecule has 0 fully saturated rings. The molecule has 0 saturated carbocycles. The molecule has 138 valence electrons. The van der Waals surface area contributed by atoms with E-state index < -0.39 is 26.4 Å². The van der Waals surface area contributed by atoms with Gasteiger partial charge in [-0.3, -0.25) is 4.79 Å². The van der Waals surface area contributed by atoms with Gasteiger partial charge in [0.15, 0.2) is 11.5 Å². The third-order valence-electron chi connectivity index (χ3n) is 3.68. The van der Waals surface area contributed by atoms with E-state index in [0.717, 1.165) is 18.6 Å². The molecule has 3 rings (SSSR count). The first-order valence-electron chi connectivity index (χ1n) is 7.71. The van der Waals surface area contributed by atoms with Crippen LogP contribution < -0.4 is 14.8 Å². The maximum Gasteiger partial charge on any atom is 0.341 e. The van der Waals surface area contributed by atoms with E-state index in [1.807, 2.05) is 0 Å². The second-order valence-electron chi connectivity index (χ2n) is 5.50. The number of nitrogens with one attached hydrogen (secondary N) is 1. The largest absolute Gasteiger partial charge is 0.490 e. The van der Waals surface area contributed by atoms with Crippen LogP contribution in [0.25, 0.3) is 0 Å². The van der Waals surface area contributed by atoms with Crippen molar-refractivity contribution >= 4 is 21.4 Å². The van der Waals surface area contributed by atoms with Gasteiger partial charge >= 0.3 is 5.76 Å². The summed E-state index contributed by atoms with van der Waals surface area (Å²) >= 11 is 0. The molecule has 0 saturated heterocycles. The molecule has 0 aromatic heterocycles. The molecule has 26 heavy (non-hydrogen) atoms. The number of carbonyl (C=O) groups is 1. The van der Waals surface area contributed by atoms with Crippen LogP contribution in [0.5, 0.6) is 11.5 Å². The maximum atomic E-state index is 12.5. The van der Waals surface area contributed by atoms with Crippen molar-refractivity contribution in [3.8, 4) is 11.5 Å². The summed E-state index contributed by atoms with van der Waals surface area (Å²) in [5.74, 6) is -2.93. The van der Waals surface area contributed by atoms with Crippen LogP contribution in [0.2, 0.25) is 0 Å². The molecular weight excluding hydrogens is 368 g/mol. The molecule has 1 aliphatic heterocycles. The number of carbonyl (C=O) groups excluding carboxylic acids is 1. The van der Waals surface area contributed by atoms with E-state index in [0.29, 0.717) is 30.4 Å². The number of rotatable bonds is 4. The zero-order valence-electron chi connectivity index (χ0n) is 13.4. The van der Waals surface area contributed by atoms with Crippen molar-refractivity contribution in [2.24, 2.45) is 0 Å². The molecule has 2 aromatic carbocycles. The summed E-state index contributed by atoms with van der Waals surface area (Å²) in [6.45, 7) is 1.05. The van der Waals surface area contributed by atoms with Crippen molar-refractivity contribution in [1.29, 1.82) is 0 Å². The molecule has 9 heteroatoms. The molecule has 6 nitrogen and oxygen atoms in total. The van der Waals surface area contributed by atoms with Gasteiger partial charge in [-0.15, -0.1) is 0 Å². The van der Waals surface area contributed by atoms with Gasteiger partial charge in [0.1, 0.15) is 0 Å². The highest BCUT2D eigenvalue weighted by atomic mass is 32.2. The van der Waals surface area contributed by atoms with Gasteiger partial charge in [0.05, 0.1) is 18.1 Å². The van der Waals surface area contributed by atoms with Gasteiger partial charge in [0.25, 0.3) is 5.91 Å². The van der Waals surface area contributed by atoms with Gasteiger partial charge in [-0.25, -0.2) is 8.42 Å². The number of sulfone groups is 1. The Bertz CT molecular complexity index is 913. The van der Waals surface area contributed by atoms with Crippen molar-refractivity contribution in [3.63, 3.8) is 0 Å². The lowest BCUT2D eigenvalue weighted by Gasteiger charge is -2.11. The van der Waals surface area contributed by atoms with E-state index in [1.165, 1.54) is 12.1 Å². The third kappa shape index (κ3) is 3.77. The van der Waals surface area contributed by atoms with Crippen molar-refractivity contribution in [2.75, 3.05) is 18.5 Å². The number of hydrogen-bond acceptors (Lipinski definition) is 5. The fourth-order valence-corrected chi connectivity index (χ4v) is 3.06. The molecule has 0 aliphatic carbocycles. The Hall–Kier alpha value is -2.68. The van der Waals surface area contributed by atoms with Gasteiger partial charge in [0.2, 0.25) is 9.84 Å². The number of ether oxygens (including phenoxy) is 2. The van der Waals surface area contributed by atoms with E-state index in [1.54, 1.807) is 18.2 Å². The van der Waals surface area contributed by atoms with Crippen LogP contribution >= 0.6 is 0 Å². The lowest BCUT2D eigenvalue weighted by Crippen LogP contribution is -2.14. The fourth-order valence-electron chi connectivity index (χ4n) is 2.34. The van der Waals surface area contributed by atoms with Gasteiger partial charge in [-0.05, 0) is 36.4 Å². The first kappa shape index (κ1) is 18.1. The summed E-state index contributed by atoms with van der Waals surface area (Å²) in [4.78, 5) is 11.7. The smallest absolute Gasteiger partial charge is 0.341 e. The van der Waals surface area contributed by atoms with Crippen LogP contribution in [0.4, 0.5) is 14.5 Å². The lowest BCUT2D eigenvalue weighted by molar-refractivity contribution is 0.102. The molecule has 1 N–H and O–H groups in total. The molecule has 0 atom stereocenters. The van der Waals surface area contributed by atoms with Crippen molar-refractivity contribution in [1.82, 2.24) is 0 Å². The SMILES string of the molecule is O=C(Nc1ccc2c(c1)OCCCO2)c1ccc(S(=O)(=O)C(F)F)cc1. The first-order chi connectivity index (χ1) is 12.4. The Morgan fingerprint density at radius 2 is 1.65 bits per heavy atom. The summed E-state index contributed by atoms with van der Waals surface area (Å²) in [6, 6.07) is 9.24. The maximum absolute atomic E-state index is 12.5. The van der Waals surface area contributed by atoms with Crippen molar-refractivity contribution < 1.29 is 31.5 Å². The zero-order chi connectivity index (χ0) is 18.7. The standard InChI is InChI=1S/C17H15F2NO5S/c18-17(19)26(22,23)13-5-2-11(3-6-13)16(21)20-12-4-7-14-15(10-12)25-9-1-8-24-14/h2-7,10,17H,1,8-9H2,(H,20,21). The topological polar surface area (TPSA) is 81.7 Å². The van der Waals surface area contributed by atoms with Crippen LogP contribution in [0.3, 0.4) is 0 Å². The summed E-state index contributed by atoms with van der Waals surface area (Å²) < 4.78 is 58.9. The van der Waals surface area contributed by atoms with Crippen molar-refractivity contribution in [3.05, 3.63) is 48.0 Å². The van der Waals surface area contributed by atoms with Crippen LogP contribution in [-0.2, 0) is 9.84 Å². The van der Waals surface area contributed by atoms with Crippen LogP contribution in [-0.4, -0.2) is 33.3 Å². The Morgan fingerprint density at radius 1 is 1.00 bits per heavy atom. The Morgan fingerprint density at radius 3 is 2.31 bits per heavy atom. The highest BCUT2D eigenvalue weighted by molar-refractivity contribution is 7.91. The predicted octanol–water partition coefficient (Wildman–Crippen LogP) is 3.10. The third-order valence-corrected chi connectivity index (χ3v) is 5.08. The predicted molar refractivity (Wildman–Crippen MR) is 89.6 cm³/mol. The molecule has 1 aliphatic rings. The lowest BCUT2D eigenvalue weighted by atomic mass is 10.2. The number of fused-ring (bicyclic) bond motifs is 1. The van der Waals surface area contributed by atoms with E-state index in [2.05, 4.69) is 5.32 Å². The molecule has 2 aromatic rings. The van der Waals surface area contributed by atoms with E-state index in [-0.39, 0.29) is 5.56 Å². The zero-order valence-corrected chi connectivity index (χ0v) is 14.3. The second-order valence-corrected chi connectivity index (χ2v) is 7.41. The van der Waals surface area contributed by atoms with E-state index in [4.69, 9.17) is 9.47 Å². The van der Waals surface area contributed by atoms with Crippen LogP contribution in [0.15, 0.2) is 47.4 Å². The van der Waals surface area contributed by atoms with Gasteiger partial charge in [-0.1, -0.05) is 0 Å². The number of halogens is 2. The molecule has 0 bridgehead atoms. The van der Waals surface area contributed by atoms with Crippen LogP contribution in [0.1, 0.15) is 16.8 Å². The second kappa shape index (κ2) is 7.28. The summed E-state index contributed by atoms with van der Waals surface area (Å²) in [6.07, 6.45) is 0.754. The molecule has 0 radical (unpaired) electrons. The van der Waals surface area contributed by atoms with E-state index in [9.17, 15) is 22.0 Å². The monoisotopic (exact) mass is 383 g/mol. The quantitative estimate of drug-likeness (QED) is 0.877. The van der Waals surface area contributed by atoms with E-state index >= 15 is 0 Å².